The summed E-state index contributed by atoms with van der Waals surface area (Å²) >= 11 is 5.79. The fourth-order valence-corrected chi connectivity index (χ4v) is 0.885. The van der Waals surface area contributed by atoms with E-state index in [2.05, 4.69) is 6.92 Å². The first kappa shape index (κ1) is 11.7. The van der Waals surface area contributed by atoms with Crippen molar-refractivity contribution in [3.8, 4) is 0 Å². The monoisotopic (exact) mass is 188 g/mol. The van der Waals surface area contributed by atoms with Crippen LogP contribution in [0, 0.1) is 0 Å². The van der Waals surface area contributed by atoms with Gasteiger partial charge in [-0.3, -0.25) is 0 Å². The van der Waals surface area contributed by atoms with Crippen LogP contribution in [0.1, 0.15) is 26.7 Å². The van der Waals surface area contributed by atoms with Crippen LogP contribution in [0.3, 0.4) is 0 Å². The second-order valence-corrected chi connectivity index (χ2v) is 2.95. The summed E-state index contributed by atoms with van der Waals surface area (Å²) in [7, 11) is 0. The molecule has 0 heterocycles. The van der Waals surface area contributed by atoms with Crippen LogP contribution < -0.4 is 0 Å². The van der Waals surface area contributed by atoms with Gasteiger partial charge in [-0.25, -0.2) is 0 Å². The Morgan fingerprint density at radius 3 is 2.83 bits per heavy atom. The van der Waals surface area contributed by atoms with Crippen LogP contribution in [0.2, 0.25) is 0 Å². The van der Waals surface area contributed by atoms with E-state index in [4.69, 9.17) is 16.3 Å². The highest BCUT2D eigenvalue weighted by Gasteiger charge is 1.85. The number of rotatable bonds is 6. The van der Waals surface area contributed by atoms with E-state index >= 15 is 0 Å². The Balaban J connectivity index is 3.33. The molecular formula is C10H17ClO. The van der Waals surface area contributed by atoms with Gasteiger partial charge in [0.1, 0.15) is 0 Å². The summed E-state index contributed by atoms with van der Waals surface area (Å²) in [6.07, 6.45) is 7.92. The Kier molecular flexibility index (Phi) is 8.62. The summed E-state index contributed by atoms with van der Waals surface area (Å²) in [5, 5.41) is 0.744. The summed E-state index contributed by atoms with van der Waals surface area (Å²) in [6, 6.07) is 0. The highest BCUT2D eigenvalue weighted by molar-refractivity contribution is 6.31. The van der Waals surface area contributed by atoms with Gasteiger partial charge in [0.2, 0.25) is 0 Å². The van der Waals surface area contributed by atoms with Gasteiger partial charge >= 0.3 is 0 Å². The van der Waals surface area contributed by atoms with Gasteiger partial charge in [0.05, 0.1) is 6.61 Å². The summed E-state index contributed by atoms with van der Waals surface area (Å²) in [5.74, 6) is 0. The predicted molar refractivity (Wildman–Crippen MR) is 54.5 cm³/mol. The molecule has 0 amide bonds. The van der Waals surface area contributed by atoms with Crippen molar-refractivity contribution in [2.75, 3.05) is 13.2 Å². The molecule has 0 aromatic heterocycles. The van der Waals surface area contributed by atoms with Gasteiger partial charge in [0.25, 0.3) is 0 Å². The standard InChI is InChI=1S/C10H17ClO/c1-3-5-8-12-9-7-10(11)6-4-2/h4,6-7H,3,5,8-9H2,1-2H3/b6-4+,10-7-. The smallest absolute Gasteiger partial charge is 0.0664 e. The molecule has 0 aromatic carbocycles. The van der Waals surface area contributed by atoms with Gasteiger partial charge in [-0.2, -0.15) is 0 Å². The van der Waals surface area contributed by atoms with E-state index < -0.39 is 0 Å². The topological polar surface area (TPSA) is 9.23 Å². The molecule has 0 N–H and O–H groups in total. The molecule has 0 aromatic rings. The van der Waals surface area contributed by atoms with Gasteiger partial charge in [0.15, 0.2) is 0 Å². The van der Waals surface area contributed by atoms with Crippen LogP contribution in [0.15, 0.2) is 23.3 Å². The molecule has 0 rings (SSSR count). The van der Waals surface area contributed by atoms with Crippen molar-refractivity contribution in [2.24, 2.45) is 0 Å². The van der Waals surface area contributed by atoms with Gasteiger partial charge < -0.3 is 4.74 Å². The van der Waals surface area contributed by atoms with Crippen molar-refractivity contribution in [3.63, 3.8) is 0 Å². The van der Waals surface area contributed by atoms with Gasteiger partial charge in [-0.15, -0.1) is 0 Å². The van der Waals surface area contributed by atoms with E-state index in [0.717, 1.165) is 18.1 Å². The number of halogens is 1. The van der Waals surface area contributed by atoms with Crippen LogP contribution in [0.25, 0.3) is 0 Å². The van der Waals surface area contributed by atoms with Crippen molar-refractivity contribution in [2.45, 2.75) is 26.7 Å². The molecule has 0 spiro atoms. The normalized spacial score (nSPS) is 12.8. The molecule has 0 aliphatic rings. The second kappa shape index (κ2) is 8.82. The van der Waals surface area contributed by atoms with Gasteiger partial charge in [-0.05, 0) is 25.5 Å². The third-order valence-corrected chi connectivity index (χ3v) is 1.64. The minimum absolute atomic E-state index is 0.614. The van der Waals surface area contributed by atoms with Gasteiger partial charge in [0, 0.05) is 11.6 Å². The number of hydrogen-bond acceptors (Lipinski definition) is 1. The van der Waals surface area contributed by atoms with Crippen LogP contribution in [0.4, 0.5) is 0 Å². The Labute approximate surface area is 80.1 Å². The first-order chi connectivity index (χ1) is 5.81. The lowest BCUT2D eigenvalue weighted by atomic mass is 10.4. The maximum atomic E-state index is 5.79. The first-order valence-corrected chi connectivity index (χ1v) is 4.75. The third-order valence-electron chi connectivity index (χ3n) is 1.36. The minimum Gasteiger partial charge on any atom is -0.377 e. The average molecular weight is 189 g/mol. The van der Waals surface area contributed by atoms with Gasteiger partial charge in [-0.1, -0.05) is 31.0 Å². The van der Waals surface area contributed by atoms with E-state index in [1.807, 2.05) is 25.2 Å². The van der Waals surface area contributed by atoms with E-state index in [-0.39, 0.29) is 0 Å². The zero-order chi connectivity index (χ0) is 9.23. The summed E-state index contributed by atoms with van der Waals surface area (Å²) in [5.41, 5.74) is 0. The number of hydrogen-bond donors (Lipinski definition) is 0. The Bertz CT molecular complexity index is 150. The van der Waals surface area contributed by atoms with Crippen LogP contribution in [-0.2, 0) is 4.74 Å². The zero-order valence-electron chi connectivity index (χ0n) is 7.85. The number of ether oxygens (including phenoxy) is 1. The Morgan fingerprint density at radius 2 is 2.25 bits per heavy atom. The van der Waals surface area contributed by atoms with Crippen molar-refractivity contribution in [1.82, 2.24) is 0 Å². The summed E-state index contributed by atoms with van der Waals surface area (Å²) in [6.45, 7) is 5.52. The van der Waals surface area contributed by atoms with Crippen LogP contribution in [-0.4, -0.2) is 13.2 Å². The maximum absolute atomic E-state index is 5.79. The Hall–Kier alpha value is -0.270. The van der Waals surface area contributed by atoms with Crippen molar-refractivity contribution >= 4 is 11.6 Å². The lowest BCUT2D eigenvalue weighted by molar-refractivity contribution is 0.159. The second-order valence-electron chi connectivity index (χ2n) is 2.52. The highest BCUT2D eigenvalue weighted by atomic mass is 35.5. The number of allylic oxidation sites excluding steroid dienone is 3. The third kappa shape index (κ3) is 7.83. The molecule has 70 valence electrons. The Morgan fingerprint density at radius 1 is 1.50 bits per heavy atom. The molecule has 0 radical (unpaired) electrons. The molecule has 0 saturated heterocycles. The first-order valence-electron chi connectivity index (χ1n) is 4.37. The molecule has 0 aliphatic heterocycles. The molecule has 0 fully saturated rings. The lowest BCUT2D eigenvalue weighted by Gasteiger charge is -1.97. The predicted octanol–water partition coefficient (Wildman–Crippen LogP) is 3.50. The molecule has 2 heteroatoms. The van der Waals surface area contributed by atoms with Crippen LogP contribution in [0.5, 0.6) is 0 Å². The SMILES string of the molecule is C/C=C/C(Cl)=C/COCCCC. The fourth-order valence-electron chi connectivity index (χ4n) is 0.696. The quantitative estimate of drug-likeness (QED) is 0.458. The lowest BCUT2D eigenvalue weighted by Crippen LogP contribution is -1.93. The number of unbranched alkanes of at least 4 members (excludes halogenated alkanes) is 1. The highest BCUT2D eigenvalue weighted by Crippen LogP contribution is 2.02. The molecule has 0 saturated carbocycles. The van der Waals surface area contributed by atoms with E-state index in [1.54, 1.807) is 0 Å². The van der Waals surface area contributed by atoms with E-state index in [0.29, 0.717) is 6.61 Å². The zero-order valence-corrected chi connectivity index (χ0v) is 8.60. The minimum atomic E-state index is 0.614. The maximum Gasteiger partial charge on any atom is 0.0664 e. The van der Waals surface area contributed by atoms with E-state index in [9.17, 15) is 0 Å². The van der Waals surface area contributed by atoms with E-state index in [1.165, 1.54) is 6.42 Å². The van der Waals surface area contributed by atoms with Crippen molar-refractivity contribution in [1.29, 1.82) is 0 Å². The molecule has 0 aliphatic carbocycles. The van der Waals surface area contributed by atoms with Crippen LogP contribution >= 0.6 is 11.6 Å². The summed E-state index contributed by atoms with van der Waals surface area (Å²) in [4.78, 5) is 0. The molecule has 1 nitrogen and oxygen atoms in total. The van der Waals surface area contributed by atoms with Crippen molar-refractivity contribution < 1.29 is 4.74 Å². The average Bonchev–Trinajstić information content (AvgIpc) is 2.05. The molecule has 12 heavy (non-hydrogen) atoms. The fraction of sp³-hybridized carbons (Fsp3) is 0.600. The van der Waals surface area contributed by atoms with Crippen molar-refractivity contribution in [3.05, 3.63) is 23.3 Å². The largest absolute Gasteiger partial charge is 0.377 e. The summed E-state index contributed by atoms with van der Waals surface area (Å²) < 4.78 is 5.30. The molecule has 0 bridgehead atoms. The molecule has 0 unspecified atom stereocenters. The molecule has 0 atom stereocenters. The molecular weight excluding hydrogens is 172 g/mol.